The summed E-state index contributed by atoms with van der Waals surface area (Å²) in [6, 6.07) is 14.4. The highest BCUT2D eigenvalue weighted by molar-refractivity contribution is 5.92. The van der Waals surface area contributed by atoms with Crippen LogP contribution in [-0.2, 0) is 23.2 Å². The van der Waals surface area contributed by atoms with Crippen LogP contribution in [-0.4, -0.2) is 20.9 Å². The maximum absolute atomic E-state index is 12.3. The smallest absolute Gasteiger partial charge is 0.326 e. The maximum atomic E-state index is 12.3. The summed E-state index contributed by atoms with van der Waals surface area (Å²) in [5, 5.41) is 5.46. The van der Waals surface area contributed by atoms with Crippen LogP contribution < -0.4 is 16.3 Å². The second-order valence-electron chi connectivity index (χ2n) is 6.04. The van der Waals surface area contributed by atoms with E-state index < -0.39 is 0 Å². The highest BCUT2D eigenvalue weighted by Gasteiger charge is 2.11. The lowest BCUT2D eigenvalue weighted by Crippen LogP contribution is -2.24. The molecule has 0 saturated carbocycles. The average Bonchev–Trinajstić information content (AvgIpc) is 2.86. The second kappa shape index (κ2) is 7.26. The number of benzene rings is 2. The van der Waals surface area contributed by atoms with Crippen molar-refractivity contribution in [2.24, 2.45) is 7.05 Å². The van der Waals surface area contributed by atoms with Gasteiger partial charge in [-0.2, -0.15) is 0 Å². The molecular formula is C19H20N4O3. The van der Waals surface area contributed by atoms with Gasteiger partial charge >= 0.3 is 5.69 Å². The molecule has 0 saturated heterocycles. The fourth-order valence-electron chi connectivity index (χ4n) is 2.86. The molecule has 0 radical (unpaired) electrons. The van der Waals surface area contributed by atoms with Crippen LogP contribution in [0.15, 0.2) is 53.3 Å². The van der Waals surface area contributed by atoms with Crippen LogP contribution in [0, 0.1) is 0 Å². The summed E-state index contributed by atoms with van der Waals surface area (Å²) in [7, 11) is 1.72. The van der Waals surface area contributed by atoms with E-state index in [1.807, 2.05) is 24.3 Å². The van der Waals surface area contributed by atoms with Crippen molar-refractivity contribution in [3.8, 4) is 0 Å². The van der Waals surface area contributed by atoms with Gasteiger partial charge in [-0.3, -0.25) is 18.7 Å². The number of hydrogen-bond donors (Lipinski definition) is 2. The van der Waals surface area contributed by atoms with Crippen LogP contribution in [0.5, 0.6) is 0 Å². The third-order valence-corrected chi connectivity index (χ3v) is 4.10. The predicted octanol–water partition coefficient (Wildman–Crippen LogP) is 2.33. The monoisotopic (exact) mass is 352 g/mol. The lowest BCUT2D eigenvalue weighted by atomic mass is 10.2. The number of rotatable bonds is 5. The third kappa shape index (κ3) is 3.66. The van der Waals surface area contributed by atoms with Crippen molar-refractivity contribution in [2.45, 2.75) is 19.9 Å². The lowest BCUT2D eigenvalue weighted by Gasteiger charge is -2.07. The van der Waals surface area contributed by atoms with Gasteiger partial charge in [-0.05, 0) is 36.4 Å². The zero-order valence-electron chi connectivity index (χ0n) is 14.7. The van der Waals surface area contributed by atoms with Crippen LogP contribution in [0.4, 0.5) is 11.4 Å². The van der Waals surface area contributed by atoms with Crippen LogP contribution >= 0.6 is 0 Å². The SMILES string of the molecule is CC(=O)Nc1ccc(NC(=O)CCn2c(=O)n(C)c3ccccc32)cc1. The number of nitrogens with one attached hydrogen (secondary N) is 2. The molecule has 2 amide bonds. The topological polar surface area (TPSA) is 85.1 Å². The molecule has 0 aliphatic rings. The van der Waals surface area contributed by atoms with E-state index in [2.05, 4.69) is 10.6 Å². The van der Waals surface area contributed by atoms with Gasteiger partial charge in [0, 0.05) is 38.3 Å². The van der Waals surface area contributed by atoms with Crippen molar-refractivity contribution in [1.82, 2.24) is 9.13 Å². The Balaban J connectivity index is 1.65. The van der Waals surface area contributed by atoms with Crippen molar-refractivity contribution in [1.29, 1.82) is 0 Å². The number of hydrogen-bond acceptors (Lipinski definition) is 3. The number of amides is 2. The molecule has 7 nitrogen and oxygen atoms in total. The minimum absolute atomic E-state index is 0.140. The Kier molecular flexibility index (Phi) is 4.88. The van der Waals surface area contributed by atoms with Crippen molar-refractivity contribution < 1.29 is 9.59 Å². The van der Waals surface area contributed by atoms with Gasteiger partial charge in [0.15, 0.2) is 0 Å². The van der Waals surface area contributed by atoms with Gasteiger partial charge in [0.1, 0.15) is 0 Å². The summed E-state index contributed by atoms with van der Waals surface area (Å²) in [6.45, 7) is 1.74. The molecule has 0 bridgehead atoms. The lowest BCUT2D eigenvalue weighted by molar-refractivity contribution is -0.116. The average molecular weight is 352 g/mol. The molecule has 1 aromatic heterocycles. The fraction of sp³-hybridized carbons (Fsp3) is 0.211. The molecule has 2 N–H and O–H groups in total. The molecule has 1 heterocycles. The van der Waals surface area contributed by atoms with Crippen molar-refractivity contribution in [3.05, 3.63) is 59.0 Å². The molecule has 0 aliphatic heterocycles. The summed E-state index contributed by atoms with van der Waals surface area (Å²) < 4.78 is 3.18. The Labute approximate surface area is 150 Å². The number of imidazole rings is 1. The van der Waals surface area contributed by atoms with E-state index in [1.54, 1.807) is 40.4 Å². The molecule has 7 heteroatoms. The molecule has 3 aromatic rings. The molecule has 3 rings (SSSR count). The van der Waals surface area contributed by atoms with Gasteiger partial charge in [-0.25, -0.2) is 4.79 Å². The molecule has 0 fully saturated rings. The maximum Gasteiger partial charge on any atom is 0.328 e. The minimum Gasteiger partial charge on any atom is -0.326 e. The summed E-state index contributed by atoms with van der Waals surface area (Å²) in [4.78, 5) is 35.6. The van der Waals surface area contributed by atoms with E-state index in [0.29, 0.717) is 17.9 Å². The van der Waals surface area contributed by atoms with Gasteiger partial charge in [0.2, 0.25) is 11.8 Å². The van der Waals surface area contributed by atoms with E-state index in [0.717, 1.165) is 11.0 Å². The first-order chi connectivity index (χ1) is 12.5. The quantitative estimate of drug-likeness (QED) is 0.739. The Hall–Kier alpha value is -3.35. The highest BCUT2D eigenvalue weighted by Crippen LogP contribution is 2.15. The van der Waals surface area contributed by atoms with Crippen LogP contribution in [0.1, 0.15) is 13.3 Å². The molecule has 0 atom stereocenters. The summed E-state index contributed by atoms with van der Waals surface area (Å²) >= 11 is 0. The molecule has 0 aliphatic carbocycles. The van der Waals surface area contributed by atoms with Crippen LogP contribution in [0.2, 0.25) is 0 Å². The number of anilines is 2. The normalized spacial score (nSPS) is 10.7. The first-order valence-electron chi connectivity index (χ1n) is 8.27. The van der Waals surface area contributed by atoms with E-state index in [4.69, 9.17) is 0 Å². The number of carbonyl (C=O) groups excluding carboxylic acids is 2. The molecule has 26 heavy (non-hydrogen) atoms. The Morgan fingerprint density at radius 3 is 2.12 bits per heavy atom. The summed E-state index contributed by atoms with van der Waals surface area (Å²) in [5.74, 6) is -0.334. The van der Waals surface area contributed by atoms with Gasteiger partial charge < -0.3 is 10.6 Å². The second-order valence-corrected chi connectivity index (χ2v) is 6.04. The number of para-hydroxylation sites is 2. The molecule has 2 aromatic carbocycles. The number of nitrogens with zero attached hydrogens (tertiary/aromatic N) is 2. The standard InChI is InChI=1S/C19H20N4O3/c1-13(24)20-14-7-9-15(10-8-14)21-18(25)11-12-23-17-6-4-3-5-16(17)22(2)19(23)26/h3-10H,11-12H2,1-2H3,(H,20,24)(H,21,25). The van der Waals surface area contributed by atoms with E-state index in [-0.39, 0.29) is 23.9 Å². The van der Waals surface area contributed by atoms with Gasteiger partial charge in [0.05, 0.1) is 11.0 Å². The number of aryl methyl sites for hydroxylation is 2. The van der Waals surface area contributed by atoms with Crippen molar-refractivity contribution in [2.75, 3.05) is 10.6 Å². The summed E-state index contributed by atoms with van der Waals surface area (Å²) in [5.41, 5.74) is 2.81. The van der Waals surface area contributed by atoms with E-state index >= 15 is 0 Å². The number of fused-ring (bicyclic) bond motifs is 1. The Morgan fingerprint density at radius 2 is 1.50 bits per heavy atom. The molecule has 134 valence electrons. The van der Waals surface area contributed by atoms with Crippen LogP contribution in [0.25, 0.3) is 11.0 Å². The largest absolute Gasteiger partial charge is 0.328 e. The predicted molar refractivity (Wildman–Crippen MR) is 101 cm³/mol. The Morgan fingerprint density at radius 1 is 0.923 bits per heavy atom. The number of carbonyl (C=O) groups is 2. The first-order valence-corrected chi connectivity index (χ1v) is 8.27. The van der Waals surface area contributed by atoms with Crippen molar-refractivity contribution >= 4 is 34.2 Å². The molecule has 0 unspecified atom stereocenters. The van der Waals surface area contributed by atoms with E-state index in [1.165, 1.54) is 6.92 Å². The minimum atomic E-state index is -0.183. The van der Waals surface area contributed by atoms with Crippen molar-refractivity contribution in [3.63, 3.8) is 0 Å². The first kappa shape index (κ1) is 17.5. The highest BCUT2D eigenvalue weighted by atomic mass is 16.2. The Bertz CT molecular complexity index is 1020. The third-order valence-electron chi connectivity index (χ3n) is 4.10. The fourth-order valence-corrected chi connectivity index (χ4v) is 2.86. The van der Waals surface area contributed by atoms with E-state index in [9.17, 15) is 14.4 Å². The molecule has 0 spiro atoms. The number of aromatic nitrogens is 2. The summed E-state index contributed by atoms with van der Waals surface area (Å²) in [6.07, 6.45) is 0.182. The molecular weight excluding hydrogens is 332 g/mol. The van der Waals surface area contributed by atoms with Gasteiger partial charge in [-0.15, -0.1) is 0 Å². The zero-order valence-corrected chi connectivity index (χ0v) is 14.7. The van der Waals surface area contributed by atoms with Gasteiger partial charge in [-0.1, -0.05) is 12.1 Å². The van der Waals surface area contributed by atoms with Gasteiger partial charge in [0.25, 0.3) is 0 Å². The van der Waals surface area contributed by atoms with Crippen LogP contribution in [0.3, 0.4) is 0 Å². The zero-order chi connectivity index (χ0) is 18.7.